The van der Waals surface area contributed by atoms with Crippen molar-refractivity contribution in [2.24, 2.45) is 4.99 Å². The number of carbonyl (C=O) groups is 1. The minimum atomic E-state index is -0.587. The number of benzene rings is 2. The largest absolute Gasteiger partial charge is 0.493 e. The molecule has 1 heterocycles. The molecule has 0 saturated heterocycles. The Morgan fingerprint density at radius 1 is 1.12 bits per heavy atom. The van der Waals surface area contributed by atoms with Gasteiger partial charge in [-0.3, -0.25) is 0 Å². The van der Waals surface area contributed by atoms with Crippen LogP contribution in [0, 0.1) is 0 Å². The van der Waals surface area contributed by atoms with Gasteiger partial charge in [-0.25, -0.2) is 9.79 Å². The standard InChI is InChI=1S/C18H13Cl2NO4/c1-23-15-5-3-4-10(16(15)24-2)8-14-18(22)25-17(21-14)12-9-11(19)6-7-13(12)20/h3-9H,1-2H3/b14-8-. The second-order valence-corrected chi connectivity index (χ2v) is 5.89. The van der Waals surface area contributed by atoms with Crippen LogP contribution in [0.15, 0.2) is 47.1 Å². The molecule has 0 spiro atoms. The molecule has 0 unspecified atom stereocenters. The molecule has 1 aliphatic rings. The van der Waals surface area contributed by atoms with Crippen molar-refractivity contribution < 1.29 is 19.0 Å². The summed E-state index contributed by atoms with van der Waals surface area (Å²) in [7, 11) is 3.06. The summed E-state index contributed by atoms with van der Waals surface area (Å²) >= 11 is 12.1. The number of rotatable bonds is 4. The van der Waals surface area contributed by atoms with E-state index in [-0.39, 0.29) is 11.6 Å². The second kappa shape index (κ2) is 7.17. The van der Waals surface area contributed by atoms with Crippen LogP contribution < -0.4 is 9.47 Å². The summed E-state index contributed by atoms with van der Waals surface area (Å²) < 4.78 is 15.8. The minimum Gasteiger partial charge on any atom is -0.493 e. The lowest BCUT2D eigenvalue weighted by atomic mass is 10.1. The average molecular weight is 378 g/mol. The third-order valence-corrected chi connectivity index (χ3v) is 4.07. The molecule has 0 radical (unpaired) electrons. The Kier molecular flexibility index (Phi) is 4.97. The first-order valence-corrected chi connectivity index (χ1v) is 7.98. The summed E-state index contributed by atoms with van der Waals surface area (Å²) in [5, 5.41) is 0.848. The molecule has 7 heteroatoms. The van der Waals surface area contributed by atoms with Crippen LogP contribution in [0.2, 0.25) is 10.0 Å². The number of methoxy groups -OCH3 is 2. The van der Waals surface area contributed by atoms with Crippen LogP contribution in [-0.4, -0.2) is 26.1 Å². The number of esters is 1. The van der Waals surface area contributed by atoms with Gasteiger partial charge in [0.2, 0.25) is 5.90 Å². The van der Waals surface area contributed by atoms with Crippen molar-refractivity contribution in [3.63, 3.8) is 0 Å². The van der Waals surface area contributed by atoms with Gasteiger partial charge in [0.25, 0.3) is 0 Å². The van der Waals surface area contributed by atoms with Gasteiger partial charge in [0.1, 0.15) is 0 Å². The van der Waals surface area contributed by atoms with E-state index in [0.717, 1.165) is 0 Å². The zero-order valence-electron chi connectivity index (χ0n) is 13.4. The summed E-state index contributed by atoms with van der Waals surface area (Å²) in [6.07, 6.45) is 1.56. The maximum atomic E-state index is 12.2. The molecule has 1 aliphatic heterocycles. The number of cyclic esters (lactones) is 1. The lowest BCUT2D eigenvalue weighted by Crippen LogP contribution is -2.06. The normalized spacial score (nSPS) is 15.1. The molecule has 128 valence electrons. The molecule has 5 nitrogen and oxygen atoms in total. The van der Waals surface area contributed by atoms with Gasteiger partial charge in [0.15, 0.2) is 17.2 Å². The lowest BCUT2D eigenvalue weighted by Gasteiger charge is -2.09. The van der Waals surface area contributed by atoms with Crippen molar-refractivity contribution in [2.75, 3.05) is 14.2 Å². The molecule has 0 aromatic heterocycles. The minimum absolute atomic E-state index is 0.102. The van der Waals surface area contributed by atoms with Crippen LogP contribution in [0.5, 0.6) is 11.5 Å². The fourth-order valence-electron chi connectivity index (χ4n) is 2.36. The molecule has 3 rings (SSSR count). The van der Waals surface area contributed by atoms with Gasteiger partial charge in [-0.1, -0.05) is 35.3 Å². The van der Waals surface area contributed by atoms with E-state index in [1.54, 1.807) is 42.5 Å². The van der Waals surface area contributed by atoms with Gasteiger partial charge in [-0.15, -0.1) is 0 Å². The monoisotopic (exact) mass is 377 g/mol. The van der Waals surface area contributed by atoms with E-state index in [0.29, 0.717) is 32.7 Å². The molecular formula is C18H13Cl2NO4. The second-order valence-electron chi connectivity index (χ2n) is 5.04. The predicted molar refractivity (Wildman–Crippen MR) is 96.6 cm³/mol. The summed E-state index contributed by atoms with van der Waals surface area (Å²) in [5.41, 5.74) is 1.21. The highest BCUT2D eigenvalue weighted by Crippen LogP contribution is 2.33. The molecule has 0 fully saturated rings. The van der Waals surface area contributed by atoms with E-state index < -0.39 is 5.97 Å². The van der Waals surface area contributed by atoms with Crippen molar-refractivity contribution in [1.82, 2.24) is 0 Å². The maximum Gasteiger partial charge on any atom is 0.363 e. The van der Waals surface area contributed by atoms with Crippen LogP contribution in [0.3, 0.4) is 0 Å². The number of nitrogens with zero attached hydrogens (tertiary/aromatic N) is 1. The van der Waals surface area contributed by atoms with Crippen LogP contribution in [0.25, 0.3) is 6.08 Å². The number of ether oxygens (including phenoxy) is 3. The Bertz CT molecular complexity index is 906. The van der Waals surface area contributed by atoms with E-state index in [1.807, 2.05) is 0 Å². The molecule has 2 aromatic rings. The maximum absolute atomic E-state index is 12.2. The number of para-hydroxylation sites is 1. The summed E-state index contributed by atoms with van der Waals surface area (Å²) in [5.74, 6) is 0.557. The Labute approximate surface area is 154 Å². The van der Waals surface area contributed by atoms with E-state index in [1.165, 1.54) is 14.2 Å². The quantitative estimate of drug-likeness (QED) is 0.586. The number of halogens is 2. The molecule has 0 amide bonds. The Morgan fingerprint density at radius 2 is 1.92 bits per heavy atom. The van der Waals surface area contributed by atoms with Gasteiger partial charge >= 0.3 is 5.97 Å². The zero-order chi connectivity index (χ0) is 18.0. The third-order valence-electron chi connectivity index (χ3n) is 3.50. The first-order valence-electron chi connectivity index (χ1n) is 7.22. The average Bonchev–Trinajstić information content (AvgIpc) is 2.97. The summed E-state index contributed by atoms with van der Waals surface area (Å²) in [6, 6.07) is 10.2. The number of aliphatic imine (C=N–C) groups is 1. The summed E-state index contributed by atoms with van der Waals surface area (Å²) in [6.45, 7) is 0. The van der Waals surface area contributed by atoms with Crippen LogP contribution in [-0.2, 0) is 9.53 Å². The highest BCUT2D eigenvalue weighted by molar-refractivity contribution is 6.36. The Balaban J connectivity index is 2.04. The molecule has 0 bridgehead atoms. The van der Waals surface area contributed by atoms with E-state index in [4.69, 9.17) is 37.4 Å². The fraction of sp³-hybridized carbons (Fsp3) is 0.111. The van der Waals surface area contributed by atoms with Crippen molar-refractivity contribution in [3.05, 3.63) is 63.3 Å². The Morgan fingerprint density at radius 3 is 2.64 bits per heavy atom. The lowest BCUT2D eigenvalue weighted by molar-refractivity contribution is -0.129. The van der Waals surface area contributed by atoms with Gasteiger partial charge in [-0.05, 0) is 30.3 Å². The van der Waals surface area contributed by atoms with Gasteiger partial charge in [0, 0.05) is 10.6 Å². The van der Waals surface area contributed by atoms with Crippen molar-refractivity contribution in [1.29, 1.82) is 0 Å². The Hall–Kier alpha value is -2.50. The van der Waals surface area contributed by atoms with Crippen LogP contribution >= 0.6 is 23.2 Å². The number of hydrogen-bond acceptors (Lipinski definition) is 5. The van der Waals surface area contributed by atoms with Crippen molar-refractivity contribution in [3.8, 4) is 11.5 Å². The number of hydrogen-bond donors (Lipinski definition) is 0. The predicted octanol–water partition coefficient (Wildman–Crippen LogP) is 4.36. The highest BCUT2D eigenvalue weighted by Gasteiger charge is 2.26. The third kappa shape index (κ3) is 3.48. The van der Waals surface area contributed by atoms with Crippen molar-refractivity contribution >= 4 is 41.1 Å². The molecule has 0 aliphatic carbocycles. The smallest absolute Gasteiger partial charge is 0.363 e. The van der Waals surface area contributed by atoms with E-state index in [9.17, 15) is 4.79 Å². The van der Waals surface area contributed by atoms with E-state index >= 15 is 0 Å². The highest BCUT2D eigenvalue weighted by atomic mass is 35.5. The fourth-order valence-corrected chi connectivity index (χ4v) is 2.73. The van der Waals surface area contributed by atoms with Crippen LogP contribution in [0.4, 0.5) is 0 Å². The zero-order valence-corrected chi connectivity index (χ0v) is 14.9. The topological polar surface area (TPSA) is 57.1 Å². The molecule has 0 N–H and O–H groups in total. The number of carbonyl (C=O) groups excluding carboxylic acids is 1. The van der Waals surface area contributed by atoms with E-state index in [2.05, 4.69) is 4.99 Å². The molecule has 0 saturated carbocycles. The SMILES string of the molecule is COc1cccc(/C=C2\N=C(c3cc(Cl)ccc3Cl)OC2=O)c1OC. The first-order chi connectivity index (χ1) is 12.0. The van der Waals surface area contributed by atoms with Gasteiger partial charge in [0.05, 0.1) is 24.8 Å². The summed E-state index contributed by atoms with van der Waals surface area (Å²) in [4.78, 5) is 16.4. The van der Waals surface area contributed by atoms with Crippen LogP contribution in [0.1, 0.15) is 11.1 Å². The molecule has 2 aromatic carbocycles. The first kappa shape index (κ1) is 17.3. The van der Waals surface area contributed by atoms with Gasteiger partial charge < -0.3 is 14.2 Å². The molecule has 0 atom stereocenters. The molecular weight excluding hydrogens is 365 g/mol. The van der Waals surface area contributed by atoms with Crippen molar-refractivity contribution in [2.45, 2.75) is 0 Å². The van der Waals surface area contributed by atoms with Gasteiger partial charge in [-0.2, -0.15) is 0 Å². The molecule has 25 heavy (non-hydrogen) atoms.